The normalized spacial score (nSPS) is 13.8. The zero-order chi connectivity index (χ0) is 21.8. The zero-order valence-electron chi connectivity index (χ0n) is 17.4. The van der Waals surface area contributed by atoms with Crippen LogP contribution in [-0.2, 0) is 10.0 Å². The molecule has 0 aliphatic carbocycles. The minimum atomic E-state index is -3.78. The second-order valence-electron chi connectivity index (χ2n) is 7.17. The Labute approximate surface area is 181 Å². The Morgan fingerprint density at radius 2 is 1.58 bits per heavy atom. The number of aromatic nitrogens is 2. The average Bonchev–Trinajstić information content (AvgIpc) is 3.34. The van der Waals surface area contributed by atoms with Gasteiger partial charge in [-0.1, -0.05) is 12.1 Å². The second-order valence-corrected chi connectivity index (χ2v) is 8.85. The van der Waals surface area contributed by atoms with E-state index in [1.807, 2.05) is 24.3 Å². The van der Waals surface area contributed by atoms with Crippen molar-refractivity contribution in [3.8, 4) is 22.8 Å². The highest BCUT2D eigenvalue weighted by Gasteiger charge is 2.18. The van der Waals surface area contributed by atoms with Crippen LogP contribution in [0.3, 0.4) is 0 Å². The fourth-order valence-electron chi connectivity index (χ4n) is 3.50. The number of nitrogens with zero attached hydrogens (tertiary/aromatic N) is 3. The van der Waals surface area contributed by atoms with Crippen LogP contribution in [-0.4, -0.2) is 45.9 Å². The summed E-state index contributed by atoms with van der Waals surface area (Å²) in [6.45, 7) is 2.03. The summed E-state index contributed by atoms with van der Waals surface area (Å²) >= 11 is 0. The summed E-state index contributed by atoms with van der Waals surface area (Å²) < 4.78 is 38.4. The van der Waals surface area contributed by atoms with Gasteiger partial charge in [0.2, 0.25) is 0 Å². The van der Waals surface area contributed by atoms with E-state index >= 15 is 0 Å². The Morgan fingerprint density at radius 3 is 2.19 bits per heavy atom. The van der Waals surface area contributed by atoms with Crippen LogP contribution < -0.4 is 19.1 Å². The number of hydrogen-bond acceptors (Lipinski definition) is 7. The summed E-state index contributed by atoms with van der Waals surface area (Å²) in [5, 5.41) is 8.66. The molecule has 1 N–H and O–H groups in total. The predicted octanol–water partition coefficient (Wildman–Crippen LogP) is 3.56. The first-order valence-electron chi connectivity index (χ1n) is 9.94. The predicted molar refractivity (Wildman–Crippen MR) is 119 cm³/mol. The Hall–Kier alpha value is -3.33. The SMILES string of the molecule is COc1ccc(S(=O)(=O)Nc2ccc(-c3ccc(N4CCCC4)nn3)cc2)cc1OC. The lowest BCUT2D eigenvalue weighted by Gasteiger charge is -2.15. The molecule has 0 atom stereocenters. The van der Waals surface area contributed by atoms with Gasteiger partial charge in [-0.25, -0.2) is 8.42 Å². The van der Waals surface area contributed by atoms with Crippen LogP contribution >= 0.6 is 0 Å². The molecule has 0 spiro atoms. The maximum Gasteiger partial charge on any atom is 0.262 e. The molecule has 1 saturated heterocycles. The van der Waals surface area contributed by atoms with Crippen LogP contribution in [0.25, 0.3) is 11.3 Å². The molecular formula is C22H24N4O4S. The number of sulfonamides is 1. The second kappa shape index (κ2) is 8.81. The Morgan fingerprint density at radius 1 is 0.871 bits per heavy atom. The van der Waals surface area contributed by atoms with Gasteiger partial charge in [0, 0.05) is 30.4 Å². The van der Waals surface area contributed by atoms with Crippen molar-refractivity contribution in [2.45, 2.75) is 17.7 Å². The number of anilines is 2. The van der Waals surface area contributed by atoms with E-state index in [1.165, 1.54) is 39.2 Å². The van der Waals surface area contributed by atoms with Gasteiger partial charge in [0.05, 0.1) is 24.8 Å². The molecule has 0 saturated carbocycles. The molecule has 1 aliphatic heterocycles. The number of benzene rings is 2. The summed E-state index contributed by atoms with van der Waals surface area (Å²) in [5.41, 5.74) is 2.03. The molecule has 1 aromatic heterocycles. The van der Waals surface area contributed by atoms with Gasteiger partial charge in [0.1, 0.15) is 0 Å². The molecule has 4 rings (SSSR count). The third-order valence-electron chi connectivity index (χ3n) is 5.18. The molecule has 2 heterocycles. The number of nitrogens with one attached hydrogen (secondary N) is 1. The average molecular weight is 441 g/mol. The van der Waals surface area contributed by atoms with Crippen LogP contribution in [0.2, 0.25) is 0 Å². The molecular weight excluding hydrogens is 416 g/mol. The molecule has 2 aromatic carbocycles. The molecule has 1 aliphatic rings. The third kappa shape index (κ3) is 4.56. The van der Waals surface area contributed by atoms with Crippen molar-refractivity contribution >= 4 is 21.5 Å². The molecule has 31 heavy (non-hydrogen) atoms. The Kier molecular flexibility index (Phi) is 5.94. The highest BCUT2D eigenvalue weighted by atomic mass is 32.2. The third-order valence-corrected chi connectivity index (χ3v) is 6.56. The van der Waals surface area contributed by atoms with Gasteiger partial charge in [-0.3, -0.25) is 4.72 Å². The molecule has 0 radical (unpaired) electrons. The topological polar surface area (TPSA) is 93.7 Å². The largest absolute Gasteiger partial charge is 0.493 e. The van der Waals surface area contributed by atoms with Crippen molar-refractivity contribution in [3.63, 3.8) is 0 Å². The molecule has 0 amide bonds. The van der Waals surface area contributed by atoms with Gasteiger partial charge in [-0.05, 0) is 49.2 Å². The van der Waals surface area contributed by atoms with Gasteiger partial charge in [0.25, 0.3) is 10.0 Å². The van der Waals surface area contributed by atoms with Gasteiger partial charge in [-0.2, -0.15) is 0 Å². The molecule has 0 unspecified atom stereocenters. The van der Waals surface area contributed by atoms with Gasteiger partial charge in [0.15, 0.2) is 17.3 Å². The van der Waals surface area contributed by atoms with E-state index in [9.17, 15) is 8.42 Å². The molecule has 162 valence electrons. The Balaban J connectivity index is 1.49. The van der Waals surface area contributed by atoms with Crippen molar-refractivity contribution in [2.24, 2.45) is 0 Å². The summed E-state index contributed by atoms with van der Waals surface area (Å²) in [4.78, 5) is 2.31. The van der Waals surface area contributed by atoms with E-state index in [0.29, 0.717) is 17.2 Å². The summed E-state index contributed by atoms with van der Waals surface area (Å²) in [6.07, 6.45) is 2.37. The molecule has 0 bridgehead atoms. The molecule has 9 heteroatoms. The first kappa shape index (κ1) is 20.9. The lowest BCUT2D eigenvalue weighted by atomic mass is 10.1. The zero-order valence-corrected chi connectivity index (χ0v) is 18.2. The molecule has 1 fully saturated rings. The standard InChI is InChI=1S/C22H24N4O4S/c1-29-20-11-9-18(15-21(20)30-2)31(27,28)25-17-7-5-16(6-8-17)19-10-12-22(24-23-19)26-13-3-4-14-26/h5-12,15,25H,3-4,13-14H2,1-2H3. The summed E-state index contributed by atoms with van der Waals surface area (Å²) in [7, 11) is -0.827. The van der Waals surface area contributed by atoms with E-state index < -0.39 is 10.0 Å². The first-order valence-corrected chi connectivity index (χ1v) is 11.4. The molecule has 3 aromatic rings. The fourth-order valence-corrected chi connectivity index (χ4v) is 4.57. The minimum absolute atomic E-state index is 0.0811. The number of hydrogen-bond donors (Lipinski definition) is 1. The van der Waals surface area contributed by atoms with Crippen LogP contribution in [0, 0.1) is 0 Å². The summed E-state index contributed by atoms with van der Waals surface area (Å²) in [5.74, 6) is 1.69. The van der Waals surface area contributed by atoms with E-state index in [0.717, 1.165) is 30.2 Å². The van der Waals surface area contributed by atoms with Crippen molar-refractivity contribution < 1.29 is 17.9 Å². The van der Waals surface area contributed by atoms with Crippen molar-refractivity contribution in [1.82, 2.24) is 10.2 Å². The lowest BCUT2D eigenvalue weighted by molar-refractivity contribution is 0.354. The Bertz CT molecular complexity index is 1140. The highest BCUT2D eigenvalue weighted by Crippen LogP contribution is 2.30. The van der Waals surface area contributed by atoms with Gasteiger partial charge >= 0.3 is 0 Å². The summed E-state index contributed by atoms with van der Waals surface area (Å²) in [6, 6.07) is 15.4. The van der Waals surface area contributed by atoms with E-state index in [2.05, 4.69) is 19.8 Å². The first-order chi connectivity index (χ1) is 15.0. The van der Waals surface area contributed by atoms with Crippen LogP contribution in [0.1, 0.15) is 12.8 Å². The molecule has 8 nitrogen and oxygen atoms in total. The highest BCUT2D eigenvalue weighted by molar-refractivity contribution is 7.92. The van der Waals surface area contributed by atoms with E-state index in [1.54, 1.807) is 18.2 Å². The van der Waals surface area contributed by atoms with Crippen molar-refractivity contribution in [3.05, 3.63) is 54.6 Å². The van der Waals surface area contributed by atoms with Crippen molar-refractivity contribution in [2.75, 3.05) is 36.9 Å². The van der Waals surface area contributed by atoms with Crippen LogP contribution in [0.4, 0.5) is 11.5 Å². The van der Waals surface area contributed by atoms with Crippen LogP contribution in [0.5, 0.6) is 11.5 Å². The maximum atomic E-state index is 12.8. The monoisotopic (exact) mass is 440 g/mol. The maximum absolute atomic E-state index is 12.8. The number of ether oxygens (including phenoxy) is 2. The van der Waals surface area contributed by atoms with Crippen molar-refractivity contribution in [1.29, 1.82) is 0 Å². The van der Waals surface area contributed by atoms with E-state index in [-0.39, 0.29) is 4.90 Å². The smallest absolute Gasteiger partial charge is 0.262 e. The lowest BCUT2D eigenvalue weighted by Crippen LogP contribution is -2.19. The van der Waals surface area contributed by atoms with Gasteiger partial charge in [-0.15, -0.1) is 10.2 Å². The van der Waals surface area contributed by atoms with Crippen LogP contribution in [0.15, 0.2) is 59.5 Å². The number of rotatable bonds is 7. The number of methoxy groups -OCH3 is 2. The van der Waals surface area contributed by atoms with Gasteiger partial charge < -0.3 is 14.4 Å². The quantitative estimate of drug-likeness (QED) is 0.600. The fraction of sp³-hybridized carbons (Fsp3) is 0.273. The van der Waals surface area contributed by atoms with E-state index in [4.69, 9.17) is 9.47 Å². The minimum Gasteiger partial charge on any atom is -0.493 e.